The molecular formula is C15H12ClN3S. The Hall–Kier alpha value is -1.91. The molecule has 100 valence electrons. The fourth-order valence-electron chi connectivity index (χ4n) is 2.13. The summed E-state index contributed by atoms with van der Waals surface area (Å²) in [7, 11) is 0. The van der Waals surface area contributed by atoms with Gasteiger partial charge in [0.1, 0.15) is 0 Å². The Balaban J connectivity index is 2.27. The lowest BCUT2D eigenvalue weighted by Gasteiger charge is -2.09. The van der Waals surface area contributed by atoms with E-state index in [1.165, 1.54) is 0 Å². The van der Waals surface area contributed by atoms with E-state index < -0.39 is 0 Å². The molecule has 3 nitrogen and oxygen atoms in total. The molecule has 0 spiro atoms. The van der Waals surface area contributed by atoms with E-state index in [9.17, 15) is 0 Å². The van der Waals surface area contributed by atoms with E-state index in [-0.39, 0.29) is 0 Å². The number of aromatic amines is 1. The fourth-order valence-corrected chi connectivity index (χ4v) is 2.54. The number of H-pyrrole nitrogens is 1. The average Bonchev–Trinajstić information content (AvgIpc) is 2.84. The first-order valence-electron chi connectivity index (χ1n) is 6.16. The van der Waals surface area contributed by atoms with Gasteiger partial charge in [-0.1, -0.05) is 35.9 Å². The average molecular weight is 302 g/mol. The lowest BCUT2D eigenvalue weighted by atomic mass is 10.1. The summed E-state index contributed by atoms with van der Waals surface area (Å²) in [6, 6.07) is 15.7. The molecule has 0 saturated carbocycles. The maximum Gasteiger partial charge on any atom is 0.200 e. The minimum atomic E-state index is 0.561. The first kappa shape index (κ1) is 13.1. The van der Waals surface area contributed by atoms with Crippen LogP contribution < -0.4 is 0 Å². The molecule has 1 N–H and O–H groups in total. The number of aryl methyl sites for hydroxylation is 1. The molecule has 0 aliphatic carbocycles. The van der Waals surface area contributed by atoms with Gasteiger partial charge in [-0.05, 0) is 49.0 Å². The Morgan fingerprint density at radius 2 is 1.90 bits per heavy atom. The number of nitrogens with zero attached hydrogens (tertiary/aromatic N) is 2. The van der Waals surface area contributed by atoms with Crippen molar-refractivity contribution in [3.8, 4) is 17.1 Å². The summed E-state index contributed by atoms with van der Waals surface area (Å²) in [5, 5.41) is 7.88. The van der Waals surface area contributed by atoms with Crippen molar-refractivity contribution in [1.29, 1.82) is 0 Å². The zero-order chi connectivity index (χ0) is 14.1. The highest BCUT2D eigenvalue weighted by Crippen LogP contribution is 2.27. The second-order valence-electron chi connectivity index (χ2n) is 4.48. The molecular weight excluding hydrogens is 290 g/mol. The molecule has 0 atom stereocenters. The summed E-state index contributed by atoms with van der Waals surface area (Å²) in [6.07, 6.45) is 0. The van der Waals surface area contributed by atoms with E-state index in [1.807, 2.05) is 60.0 Å². The van der Waals surface area contributed by atoms with Gasteiger partial charge in [0.15, 0.2) is 10.6 Å². The maximum atomic E-state index is 6.10. The molecule has 3 aromatic rings. The van der Waals surface area contributed by atoms with Gasteiger partial charge in [0, 0.05) is 16.3 Å². The molecule has 0 aliphatic heterocycles. The van der Waals surface area contributed by atoms with Gasteiger partial charge in [0.05, 0.1) is 0 Å². The van der Waals surface area contributed by atoms with Crippen LogP contribution in [0.4, 0.5) is 0 Å². The van der Waals surface area contributed by atoms with Gasteiger partial charge in [0.2, 0.25) is 0 Å². The first-order valence-corrected chi connectivity index (χ1v) is 6.95. The predicted octanol–water partition coefficient (Wildman–Crippen LogP) is 4.56. The SMILES string of the molecule is Cc1ccc(Cl)cc1-c1n[nH]c(=S)n1-c1ccccc1. The lowest BCUT2D eigenvalue weighted by molar-refractivity contribution is 1.03. The number of halogens is 1. The van der Waals surface area contributed by atoms with Gasteiger partial charge in [-0.25, -0.2) is 0 Å². The smallest absolute Gasteiger partial charge is 0.200 e. The molecule has 0 radical (unpaired) electrons. The zero-order valence-electron chi connectivity index (χ0n) is 10.8. The second-order valence-corrected chi connectivity index (χ2v) is 5.31. The number of rotatable bonds is 2. The Kier molecular flexibility index (Phi) is 3.42. The number of benzene rings is 2. The van der Waals surface area contributed by atoms with Crippen LogP contribution in [0.2, 0.25) is 5.02 Å². The van der Waals surface area contributed by atoms with Gasteiger partial charge in [-0.15, -0.1) is 0 Å². The summed E-state index contributed by atoms with van der Waals surface area (Å²) in [4.78, 5) is 0. The van der Waals surface area contributed by atoms with E-state index in [2.05, 4.69) is 10.2 Å². The molecule has 0 amide bonds. The van der Waals surface area contributed by atoms with Crippen LogP contribution in [0.5, 0.6) is 0 Å². The molecule has 0 bridgehead atoms. The number of nitrogens with one attached hydrogen (secondary N) is 1. The Morgan fingerprint density at radius 1 is 1.15 bits per heavy atom. The molecule has 5 heteroatoms. The molecule has 20 heavy (non-hydrogen) atoms. The van der Waals surface area contributed by atoms with Crippen LogP contribution in [0.3, 0.4) is 0 Å². The van der Waals surface area contributed by atoms with Gasteiger partial charge in [-0.2, -0.15) is 5.10 Å². The summed E-state index contributed by atoms with van der Waals surface area (Å²) >= 11 is 11.4. The van der Waals surface area contributed by atoms with Crippen LogP contribution >= 0.6 is 23.8 Å². The van der Waals surface area contributed by atoms with Gasteiger partial charge < -0.3 is 0 Å². The van der Waals surface area contributed by atoms with Crippen molar-refractivity contribution >= 4 is 23.8 Å². The second kappa shape index (κ2) is 5.23. The van der Waals surface area contributed by atoms with Crippen molar-refractivity contribution in [3.05, 3.63) is 63.9 Å². The summed E-state index contributed by atoms with van der Waals surface area (Å²) in [6.45, 7) is 2.03. The molecule has 3 rings (SSSR count). The third kappa shape index (κ3) is 2.28. The summed E-state index contributed by atoms with van der Waals surface area (Å²) < 4.78 is 2.47. The largest absolute Gasteiger partial charge is 0.268 e. The van der Waals surface area contributed by atoms with Crippen LogP contribution in [0.25, 0.3) is 17.1 Å². The molecule has 1 heterocycles. The monoisotopic (exact) mass is 301 g/mol. The van der Waals surface area contributed by atoms with Crippen LogP contribution in [0.15, 0.2) is 48.5 Å². The van der Waals surface area contributed by atoms with Crippen molar-refractivity contribution in [2.24, 2.45) is 0 Å². The molecule has 0 fully saturated rings. The maximum absolute atomic E-state index is 6.10. The minimum absolute atomic E-state index is 0.561. The van der Waals surface area contributed by atoms with Crippen molar-refractivity contribution in [3.63, 3.8) is 0 Å². The van der Waals surface area contributed by atoms with Crippen LogP contribution in [0.1, 0.15) is 5.56 Å². The van der Waals surface area contributed by atoms with E-state index in [4.69, 9.17) is 23.8 Å². The minimum Gasteiger partial charge on any atom is -0.268 e. The highest BCUT2D eigenvalue weighted by atomic mass is 35.5. The van der Waals surface area contributed by atoms with Crippen LogP contribution in [-0.4, -0.2) is 14.8 Å². The number of hydrogen-bond acceptors (Lipinski definition) is 2. The fraction of sp³-hybridized carbons (Fsp3) is 0.0667. The van der Waals surface area contributed by atoms with Crippen LogP contribution in [0, 0.1) is 11.7 Å². The Labute approximate surface area is 126 Å². The number of aromatic nitrogens is 3. The number of hydrogen-bond donors (Lipinski definition) is 1. The van der Waals surface area contributed by atoms with E-state index >= 15 is 0 Å². The summed E-state index contributed by atoms with van der Waals surface area (Å²) in [5.41, 5.74) is 3.04. The highest BCUT2D eigenvalue weighted by molar-refractivity contribution is 7.71. The lowest BCUT2D eigenvalue weighted by Crippen LogP contribution is -1.98. The zero-order valence-corrected chi connectivity index (χ0v) is 12.4. The van der Waals surface area contributed by atoms with Crippen molar-refractivity contribution in [2.45, 2.75) is 6.92 Å². The van der Waals surface area contributed by atoms with E-state index in [0.29, 0.717) is 9.79 Å². The standard InChI is InChI=1S/C15H12ClN3S/c1-10-7-8-11(16)9-13(10)14-17-18-15(20)19(14)12-5-3-2-4-6-12/h2-9H,1H3,(H,18,20). The van der Waals surface area contributed by atoms with Crippen molar-refractivity contribution in [2.75, 3.05) is 0 Å². The molecule has 0 unspecified atom stereocenters. The number of para-hydroxylation sites is 1. The normalized spacial score (nSPS) is 10.7. The molecule has 0 saturated heterocycles. The van der Waals surface area contributed by atoms with Crippen molar-refractivity contribution < 1.29 is 0 Å². The van der Waals surface area contributed by atoms with Gasteiger partial charge in [0.25, 0.3) is 0 Å². The summed E-state index contributed by atoms with van der Waals surface area (Å²) in [5.74, 6) is 0.765. The first-order chi connectivity index (χ1) is 9.66. The molecule has 0 aliphatic rings. The van der Waals surface area contributed by atoms with E-state index in [0.717, 1.165) is 22.6 Å². The Morgan fingerprint density at radius 3 is 2.65 bits per heavy atom. The predicted molar refractivity (Wildman–Crippen MR) is 83.9 cm³/mol. The van der Waals surface area contributed by atoms with Crippen molar-refractivity contribution in [1.82, 2.24) is 14.8 Å². The molecule has 2 aromatic carbocycles. The third-order valence-corrected chi connectivity index (χ3v) is 3.64. The topological polar surface area (TPSA) is 33.6 Å². The van der Waals surface area contributed by atoms with Gasteiger partial charge in [-0.3, -0.25) is 9.67 Å². The Bertz CT molecular complexity index is 805. The third-order valence-electron chi connectivity index (χ3n) is 3.13. The highest BCUT2D eigenvalue weighted by Gasteiger charge is 2.13. The van der Waals surface area contributed by atoms with Crippen LogP contribution in [-0.2, 0) is 0 Å². The molecule has 1 aromatic heterocycles. The van der Waals surface area contributed by atoms with E-state index in [1.54, 1.807) is 0 Å². The van der Waals surface area contributed by atoms with Gasteiger partial charge >= 0.3 is 0 Å². The quantitative estimate of drug-likeness (QED) is 0.704.